The Balaban J connectivity index is 2.34. The number of ether oxygens (including phenoxy) is 5. The summed E-state index contributed by atoms with van der Waals surface area (Å²) in [6.07, 6.45) is 0.629. The fourth-order valence-corrected chi connectivity index (χ4v) is 2.27. The molecular formula is C14H17BrO6. The summed E-state index contributed by atoms with van der Waals surface area (Å²) < 4.78 is 41.2. The van der Waals surface area contributed by atoms with E-state index >= 15 is 0 Å². The van der Waals surface area contributed by atoms with Crippen molar-refractivity contribution >= 4 is 21.9 Å². The van der Waals surface area contributed by atoms with Crippen molar-refractivity contribution in [2.45, 2.75) is 13.3 Å². The zero-order valence-electron chi connectivity index (χ0n) is 13.7. The van der Waals surface area contributed by atoms with Crippen LogP contribution < -0.4 is 14.2 Å². The first-order chi connectivity index (χ1) is 10.9. The van der Waals surface area contributed by atoms with E-state index in [1.807, 2.05) is 0 Å². The molecule has 21 heavy (non-hydrogen) atoms. The van der Waals surface area contributed by atoms with Crippen LogP contribution in [0.4, 0.5) is 0 Å². The molecule has 1 aliphatic rings. The van der Waals surface area contributed by atoms with Gasteiger partial charge in [-0.3, -0.25) is 0 Å². The van der Waals surface area contributed by atoms with Gasteiger partial charge in [0.2, 0.25) is 12.5 Å². The molecule has 0 aliphatic carbocycles. The largest absolute Gasteiger partial charge is 0.489 e. The molecule has 1 heterocycles. The second-order valence-electron chi connectivity index (χ2n) is 4.10. The molecule has 0 spiro atoms. The molecule has 0 amide bonds. The summed E-state index contributed by atoms with van der Waals surface area (Å²) >= 11 is 3.23. The quantitative estimate of drug-likeness (QED) is 0.548. The number of methoxy groups -OCH3 is 1. The van der Waals surface area contributed by atoms with Gasteiger partial charge in [0.1, 0.15) is 2.74 Å². The Kier molecular flexibility index (Phi) is 4.73. The van der Waals surface area contributed by atoms with Gasteiger partial charge in [0, 0.05) is 20.1 Å². The Morgan fingerprint density at radius 3 is 2.90 bits per heavy atom. The lowest BCUT2D eigenvalue weighted by Gasteiger charge is -2.12. The molecule has 1 aromatic carbocycles. The second kappa shape index (κ2) is 7.51. The van der Waals surface area contributed by atoms with Crippen LogP contribution in [0.5, 0.6) is 17.2 Å². The van der Waals surface area contributed by atoms with Crippen molar-refractivity contribution < 1.29 is 31.2 Å². The molecule has 0 saturated heterocycles. The van der Waals surface area contributed by atoms with Crippen LogP contribution in [0.3, 0.4) is 0 Å². The smallest absolute Gasteiger partial charge is 0.339 e. The van der Waals surface area contributed by atoms with Gasteiger partial charge in [0.25, 0.3) is 0 Å². The highest BCUT2D eigenvalue weighted by Gasteiger charge is 2.28. The average Bonchev–Trinajstić information content (AvgIpc) is 2.82. The zero-order chi connectivity index (χ0) is 17.0. The topological polar surface area (TPSA) is 63.2 Å². The number of hydrogen-bond acceptors (Lipinski definition) is 6. The number of hydrogen-bond donors (Lipinski definition) is 0. The van der Waals surface area contributed by atoms with E-state index in [9.17, 15) is 4.79 Å². The van der Waals surface area contributed by atoms with Crippen molar-refractivity contribution in [3.63, 3.8) is 0 Å². The molecular weight excluding hydrogens is 344 g/mol. The Labute approximate surface area is 134 Å². The number of benzene rings is 1. The van der Waals surface area contributed by atoms with Crippen LogP contribution in [0.1, 0.15) is 26.4 Å². The second-order valence-corrected chi connectivity index (χ2v) is 4.89. The fourth-order valence-electron chi connectivity index (χ4n) is 1.74. The number of fused-ring (bicyclic) bond motifs is 1. The van der Waals surface area contributed by atoms with E-state index < -0.39 is 12.7 Å². The third kappa shape index (κ3) is 3.59. The van der Waals surface area contributed by atoms with E-state index in [1.165, 1.54) is 6.07 Å². The van der Waals surface area contributed by atoms with Gasteiger partial charge in [0.05, 0.1) is 23.2 Å². The van der Waals surface area contributed by atoms with Crippen LogP contribution in [-0.2, 0) is 9.47 Å². The number of carbonyl (C=O) groups is 1. The van der Waals surface area contributed by atoms with Crippen LogP contribution in [0, 0.1) is 0 Å². The van der Waals surface area contributed by atoms with Crippen molar-refractivity contribution in [2.75, 3.05) is 33.7 Å². The van der Waals surface area contributed by atoms with Crippen LogP contribution in [-0.4, -0.2) is 39.6 Å². The Hall–Kier alpha value is -1.47. The molecule has 1 aliphatic heterocycles. The minimum atomic E-state index is -2.33. The van der Waals surface area contributed by atoms with Gasteiger partial charge in [-0.2, -0.15) is 0 Å². The first-order valence-corrected chi connectivity index (χ1v) is 7.22. The Bertz CT molecular complexity index is 593. The van der Waals surface area contributed by atoms with Gasteiger partial charge in [-0.05, 0) is 28.9 Å². The van der Waals surface area contributed by atoms with E-state index in [0.717, 1.165) is 0 Å². The van der Waals surface area contributed by atoms with E-state index in [-0.39, 0.29) is 33.9 Å². The summed E-state index contributed by atoms with van der Waals surface area (Å²) in [4.78, 5) is 12.0. The normalized spacial score (nSPS) is 16.1. The maximum Gasteiger partial charge on any atom is 0.339 e. The predicted octanol–water partition coefficient (Wildman–Crippen LogP) is 2.77. The highest BCUT2D eigenvalue weighted by Crippen LogP contribution is 2.48. The SMILES string of the molecule is [2H]C1([2H])Oc2c(OCCCOC)cc(C(=O)OCC)c(Br)c2O1. The molecule has 0 radical (unpaired) electrons. The zero-order valence-corrected chi connectivity index (χ0v) is 13.3. The lowest BCUT2D eigenvalue weighted by atomic mass is 10.2. The molecule has 1 aromatic rings. The first-order valence-electron chi connectivity index (χ1n) is 7.43. The minimum absolute atomic E-state index is 0.0716. The highest BCUT2D eigenvalue weighted by molar-refractivity contribution is 9.10. The van der Waals surface area contributed by atoms with Crippen LogP contribution >= 0.6 is 15.9 Å². The summed E-state index contributed by atoms with van der Waals surface area (Å²) in [5, 5.41) is 0. The summed E-state index contributed by atoms with van der Waals surface area (Å²) in [6.45, 7) is 0.408. The van der Waals surface area contributed by atoms with Gasteiger partial charge >= 0.3 is 5.97 Å². The predicted molar refractivity (Wildman–Crippen MR) is 78.2 cm³/mol. The van der Waals surface area contributed by atoms with Crippen LogP contribution in [0.25, 0.3) is 0 Å². The van der Waals surface area contributed by atoms with E-state index in [0.29, 0.717) is 19.6 Å². The Morgan fingerprint density at radius 1 is 1.43 bits per heavy atom. The molecule has 6 nitrogen and oxygen atoms in total. The average molecular weight is 363 g/mol. The number of rotatable bonds is 7. The maximum atomic E-state index is 12.0. The van der Waals surface area contributed by atoms with Crippen LogP contribution in [0.2, 0.25) is 0 Å². The minimum Gasteiger partial charge on any atom is -0.489 e. The van der Waals surface area contributed by atoms with Gasteiger partial charge in [0.15, 0.2) is 11.5 Å². The molecule has 0 atom stereocenters. The van der Waals surface area contributed by atoms with Crippen molar-refractivity contribution in [2.24, 2.45) is 0 Å². The lowest BCUT2D eigenvalue weighted by molar-refractivity contribution is 0.0524. The standard InChI is InChI=1S/C14H17BrO6/c1-3-18-14(16)9-7-10(19-6-4-5-17-2)12-13(11(9)15)21-8-20-12/h7H,3-6,8H2,1-2H3/i8D2. The third-order valence-electron chi connectivity index (χ3n) is 2.67. The molecule has 0 bridgehead atoms. The maximum absolute atomic E-state index is 12.0. The Morgan fingerprint density at radius 2 is 2.19 bits per heavy atom. The lowest BCUT2D eigenvalue weighted by Crippen LogP contribution is -2.07. The summed E-state index contributed by atoms with van der Waals surface area (Å²) in [5.41, 5.74) is 0.175. The van der Waals surface area contributed by atoms with Gasteiger partial charge in [-0.15, -0.1) is 0 Å². The van der Waals surface area contributed by atoms with Gasteiger partial charge < -0.3 is 23.7 Å². The molecule has 0 unspecified atom stereocenters. The molecule has 0 N–H and O–H groups in total. The molecule has 2 rings (SSSR count). The van der Waals surface area contributed by atoms with Crippen LogP contribution in [0.15, 0.2) is 10.5 Å². The molecule has 0 saturated carbocycles. The molecule has 0 aromatic heterocycles. The van der Waals surface area contributed by atoms with Crippen molar-refractivity contribution in [1.82, 2.24) is 0 Å². The van der Waals surface area contributed by atoms with E-state index in [1.54, 1.807) is 14.0 Å². The van der Waals surface area contributed by atoms with Gasteiger partial charge in [-0.1, -0.05) is 0 Å². The number of esters is 1. The number of halogens is 1. The highest BCUT2D eigenvalue weighted by atomic mass is 79.9. The molecule has 116 valence electrons. The van der Waals surface area contributed by atoms with Crippen molar-refractivity contribution in [1.29, 1.82) is 0 Å². The fraction of sp³-hybridized carbons (Fsp3) is 0.500. The summed E-state index contributed by atoms with van der Waals surface area (Å²) in [6, 6.07) is 1.44. The summed E-state index contributed by atoms with van der Waals surface area (Å²) in [7, 11) is 1.58. The molecule has 0 fully saturated rings. The third-order valence-corrected chi connectivity index (χ3v) is 3.46. The number of carbonyl (C=O) groups excluding carboxylic acids is 1. The summed E-state index contributed by atoms with van der Waals surface area (Å²) in [5.74, 6) is -0.182. The first kappa shape index (κ1) is 13.2. The van der Waals surface area contributed by atoms with E-state index in [2.05, 4.69) is 15.9 Å². The van der Waals surface area contributed by atoms with Crippen molar-refractivity contribution in [3.8, 4) is 17.2 Å². The molecule has 7 heteroatoms. The van der Waals surface area contributed by atoms with Gasteiger partial charge in [-0.25, -0.2) is 4.79 Å². The van der Waals surface area contributed by atoms with E-state index in [4.69, 9.17) is 26.4 Å². The monoisotopic (exact) mass is 362 g/mol. The van der Waals surface area contributed by atoms with Crippen molar-refractivity contribution in [3.05, 3.63) is 16.1 Å².